The molecule has 1 heterocycles. The summed E-state index contributed by atoms with van der Waals surface area (Å²) in [5.74, 6) is -0.699. The molecule has 16 heavy (non-hydrogen) atoms. The number of likely N-dealkylation sites (N-methyl/N-ethyl adjacent to an activating group) is 1. The molecule has 0 aromatic heterocycles. The maximum atomic E-state index is 11.5. The molecule has 1 aliphatic heterocycles. The number of ether oxygens (including phenoxy) is 1. The number of unbranched alkanes of at least 4 members (excludes halogenated alkanes) is 2. The third-order valence-electron chi connectivity index (χ3n) is 3.55. The molecule has 1 aliphatic rings. The molecule has 0 aromatic rings. The standard InChI is InChI=1S/C12H23NO3/c1-3-4-5-8-13(2)12(11(14)15)6-9-16-10-7-12/h3-10H2,1-2H3,(H,14,15). The van der Waals surface area contributed by atoms with Crippen LogP contribution in [0.25, 0.3) is 0 Å². The lowest BCUT2D eigenvalue weighted by Gasteiger charge is -2.40. The van der Waals surface area contributed by atoms with Crippen molar-refractivity contribution in [2.24, 2.45) is 0 Å². The summed E-state index contributed by atoms with van der Waals surface area (Å²) < 4.78 is 5.26. The van der Waals surface area contributed by atoms with Crippen LogP contribution in [-0.4, -0.2) is 48.3 Å². The molecule has 1 N–H and O–H groups in total. The summed E-state index contributed by atoms with van der Waals surface area (Å²) in [6.45, 7) is 4.14. The Balaban J connectivity index is 2.57. The minimum Gasteiger partial charge on any atom is -0.480 e. The van der Waals surface area contributed by atoms with Crippen molar-refractivity contribution in [2.75, 3.05) is 26.8 Å². The Morgan fingerprint density at radius 1 is 1.38 bits per heavy atom. The van der Waals surface area contributed by atoms with E-state index >= 15 is 0 Å². The molecule has 0 aromatic carbocycles. The van der Waals surface area contributed by atoms with Crippen LogP contribution in [-0.2, 0) is 9.53 Å². The van der Waals surface area contributed by atoms with Gasteiger partial charge >= 0.3 is 5.97 Å². The molecule has 0 aliphatic carbocycles. The number of nitrogens with zero attached hydrogens (tertiary/aromatic N) is 1. The van der Waals surface area contributed by atoms with Crippen LogP contribution in [0.4, 0.5) is 0 Å². The molecule has 0 amide bonds. The minimum absolute atomic E-state index is 0.560. The zero-order chi connectivity index (χ0) is 12.0. The molecular weight excluding hydrogens is 206 g/mol. The predicted molar refractivity (Wildman–Crippen MR) is 62.6 cm³/mol. The lowest BCUT2D eigenvalue weighted by molar-refractivity contribution is -0.157. The normalized spacial score (nSPS) is 19.9. The first-order valence-corrected chi connectivity index (χ1v) is 6.16. The van der Waals surface area contributed by atoms with Gasteiger partial charge in [0.15, 0.2) is 0 Å². The van der Waals surface area contributed by atoms with Crippen LogP contribution in [0.5, 0.6) is 0 Å². The van der Waals surface area contributed by atoms with E-state index < -0.39 is 11.5 Å². The fourth-order valence-corrected chi connectivity index (χ4v) is 2.28. The van der Waals surface area contributed by atoms with E-state index in [0.29, 0.717) is 26.1 Å². The van der Waals surface area contributed by atoms with Crippen molar-refractivity contribution in [3.05, 3.63) is 0 Å². The number of carboxylic acids is 1. The Morgan fingerprint density at radius 3 is 2.50 bits per heavy atom. The van der Waals surface area contributed by atoms with Gasteiger partial charge in [0.25, 0.3) is 0 Å². The van der Waals surface area contributed by atoms with Gasteiger partial charge in [-0.1, -0.05) is 19.8 Å². The fraction of sp³-hybridized carbons (Fsp3) is 0.917. The Kier molecular flexibility index (Phi) is 5.22. The molecule has 1 saturated heterocycles. The molecule has 0 atom stereocenters. The van der Waals surface area contributed by atoms with Gasteiger partial charge < -0.3 is 9.84 Å². The highest BCUT2D eigenvalue weighted by molar-refractivity contribution is 5.78. The minimum atomic E-state index is -0.699. The second-order valence-electron chi connectivity index (χ2n) is 4.58. The predicted octanol–water partition coefficient (Wildman–Crippen LogP) is 1.74. The van der Waals surface area contributed by atoms with Gasteiger partial charge in [-0.05, 0) is 32.9 Å². The summed E-state index contributed by atoms with van der Waals surface area (Å²) in [5.41, 5.74) is -0.689. The lowest BCUT2D eigenvalue weighted by Crippen LogP contribution is -2.56. The molecule has 0 radical (unpaired) electrons. The summed E-state index contributed by atoms with van der Waals surface area (Å²) in [5, 5.41) is 9.42. The first-order valence-electron chi connectivity index (χ1n) is 6.16. The summed E-state index contributed by atoms with van der Waals surface area (Å²) >= 11 is 0. The molecule has 0 unspecified atom stereocenters. The van der Waals surface area contributed by atoms with Crippen LogP contribution in [0.1, 0.15) is 39.0 Å². The van der Waals surface area contributed by atoms with E-state index in [-0.39, 0.29) is 0 Å². The Bertz CT molecular complexity index is 224. The van der Waals surface area contributed by atoms with Gasteiger partial charge in [-0.3, -0.25) is 9.69 Å². The summed E-state index contributed by atoms with van der Waals surface area (Å²) in [6, 6.07) is 0. The van der Waals surface area contributed by atoms with E-state index in [0.717, 1.165) is 25.8 Å². The number of hydrogen-bond donors (Lipinski definition) is 1. The van der Waals surface area contributed by atoms with E-state index in [1.165, 1.54) is 0 Å². The van der Waals surface area contributed by atoms with Gasteiger partial charge in [0.1, 0.15) is 5.54 Å². The smallest absolute Gasteiger partial charge is 0.324 e. The third-order valence-corrected chi connectivity index (χ3v) is 3.55. The second-order valence-corrected chi connectivity index (χ2v) is 4.58. The molecule has 0 spiro atoms. The number of carbonyl (C=O) groups is 1. The maximum absolute atomic E-state index is 11.5. The molecule has 1 fully saturated rings. The van der Waals surface area contributed by atoms with E-state index in [9.17, 15) is 9.90 Å². The van der Waals surface area contributed by atoms with Crippen LogP contribution in [0, 0.1) is 0 Å². The summed E-state index contributed by atoms with van der Waals surface area (Å²) in [6.07, 6.45) is 4.60. The average Bonchev–Trinajstić information content (AvgIpc) is 2.30. The van der Waals surface area contributed by atoms with Crippen LogP contribution < -0.4 is 0 Å². The highest BCUT2D eigenvalue weighted by Crippen LogP contribution is 2.27. The number of rotatable bonds is 6. The van der Waals surface area contributed by atoms with E-state index in [2.05, 4.69) is 6.92 Å². The van der Waals surface area contributed by atoms with Crippen LogP contribution in [0.2, 0.25) is 0 Å². The molecule has 4 heteroatoms. The molecular formula is C12H23NO3. The highest BCUT2D eigenvalue weighted by Gasteiger charge is 2.43. The van der Waals surface area contributed by atoms with Crippen molar-refractivity contribution < 1.29 is 14.6 Å². The quantitative estimate of drug-likeness (QED) is 0.705. The van der Waals surface area contributed by atoms with Crippen molar-refractivity contribution in [1.29, 1.82) is 0 Å². The van der Waals surface area contributed by atoms with Crippen LogP contribution >= 0.6 is 0 Å². The first kappa shape index (κ1) is 13.5. The van der Waals surface area contributed by atoms with Crippen molar-refractivity contribution in [2.45, 2.75) is 44.6 Å². The van der Waals surface area contributed by atoms with E-state index in [4.69, 9.17) is 4.74 Å². The van der Waals surface area contributed by atoms with E-state index in [1.807, 2.05) is 11.9 Å². The molecule has 0 bridgehead atoms. The Hall–Kier alpha value is -0.610. The second kappa shape index (κ2) is 6.21. The highest BCUT2D eigenvalue weighted by atomic mass is 16.5. The van der Waals surface area contributed by atoms with Gasteiger partial charge in [0.05, 0.1) is 0 Å². The third kappa shape index (κ3) is 2.95. The largest absolute Gasteiger partial charge is 0.480 e. The van der Waals surface area contributed by atoms with Gasteiger partial charge in [-0.15, -0.1) is 0 Å². The fourth-order valence-electron chi connectivity index (χ4n) is 2.28. The molecule has 1 rings (SSSR count). The zero-order valence-corrected chi connectivity index (χ0v) is 10.4. The number of hydrogen-bond acceptors (Lipinski definition) is 3. The van der Waals surface area contributed by atoms with Crippen molar-refractivity contribution in [1.82, 2.24) is 4.90 Å². The van der Waals surface area contributed by atoms with Gasteiger partial charge in [-0.25, -0.2) is 0 Å². The van der Waals surface area contributed by atoms with Gasteiger partial charge in [0.2, 0.25) is 0 Å². The first-order chi connectivity index (χ1) is 7.63. The summed E-state index contributed by atoms with van der Waals surface area (Å²) in [7, 11) is 1.93. The topological polar surface area (TPSA) is 49.8 Å². The van der Waals surface area contributed by atoms with Gasteiger partial charge in [0, 0.05) is 13.2 Å². The van der Waals surface area contributed by atoms with Crippen molar-refractivity contribution >= 4 is 5.97 Å². The number of carboxylic acid groups (broad SMARTS) is 1. The van der Waals surface area contributed by atoms with Crippen molar-refractivity contribution in [3.8, 4) is 0 Å². The number of aliphatic carboxylic acids is 1. The maximum Gasteiger partial charge on any atom is 0.324 e. The van der Waals surface area contributed by atoms with Crippen molar-refractivity contribution in [3.63, 3.8) is 0 Å². The van der Waals surface area contributed by atoms with Crippen LogP contribution in [0.15, 0.2) is 0 Å². The zero-order valence-electron chi connectivity index (χ0n) is 10.4. The van der Waals surface area contributed by atoms with Crippen LogP contribution in [0.3, 0.4) is 0 Å². The Morgan fingerprint density at radius 2 is 2.00 bits per heavy atom. The summed E-state index contributed by atoms with van der Waals surface area (Å²) in [4.78, 5) is 13.5. The van der Waals surface area contributed by atoms with E-state index in [1.54, 1.807) is 0 Å². The average molecular weight is 229 g/mol. The molecule has 0 saturated carbocycles. The Labute approximate surface area is 97.6 Å². The molecule has 94 valence electrons. The van der Waals surface area contributed by atoms with Gasteiger partial charge in [-0.2, -0.15) is 0 Å². The molecule has 4 nitrogen and oxygen atoms in total. The lowest BCUT2D eigenvalue weighted by atomic mass is 9.88. The SMILES string of the molecule is CCCCCN(C)C1(C(=O)O)CCOCC1. The monoisotopic (exact) mass is 229 g/mol.